The number of ketones is 1. The summed E-state index contributed by atoms with van der Waals surface area (Å²) in [5.41, 5.74) is 1.02. The molecule has 0 amide bonds. The van der Waals surface area contributed by atoms with E-state index >= 15 is 0 Å². The number of benzene rings is 1. The molecule has 0 atom stereocenters. The molecule has 18 heavy (non-hydrogen) atoms. The van der Waals surface area contributed by atoms with Gasteiger partial charge in [0.05, 0.1) is 12.3 Å². The summed E-state index contributed by atoms with van der Waals surface area (Å²) in [7, 11) is 1.69. The van der Waals surface area contributed by atoms with E-state index < -0.39 is 0 Å². The molecule has 0 aliphatic heterocycles. The summed E-state index contributed by atoms with van der Waals surface area (Å²) in [6.07, 6.45) is 1.53. The summed E-state index contributed by atoms with van der Waals surface area (Å²) in [4.78, 5) is 12.2. The zero-order valence-electron chi connectivity index (χ0n) is 10.6. The van der Waals surface area contributed by atoms with Gasteiger partial charge in [0, 0.05) is 12.6 Å². The minimum Gasteiger partial charge on any atom is -0.491 e. The molecule has 1 aromatic heterocycles. The van der Waals surface area contributed by atoms with Crippen LogP contribution in [0.2, 0.25) is 0 Å². The number of ether oxygens (including phenoxy) is 1. The van der Waals surface area contributed by atoms with Gasteiger partial charge in [0.2, 0.25) is 5.78 Å². The van der Waals surface area contributed by atoms with E-state index in [1.807, 2.05) is 19.9 Å². The SMILES string of the molecule is CC(C)Oc1cccc(C(=O)c2cnnn2C)c1. The minimum absolute atomic E-state index is 0.0775. The van der Waals surface area contributed by atoms with Gasteiger partial charge in [-0.15, -0.1) is 5.10 Å². The van der Waals surface area contributed by atoms with Crippen LogP contribution >= 0.6 is 0 Å². The molecule has 0 saturated heterocycles. The molecule has 0 unspecified atom stereocenters. The Morgan fingerprint density at radius 3 is 2.78 bits per heavy atom. The Morgan fingerprint density at radius 2 is 2.17 bits per heavy atom. The highest BCUT2D eigenvalue weighted by atomic mass is 16.5. The van der Waals surface area contributed by atoms with Crippen molar-refractivity contribution in [1.82, 2.24) is 15.0 Å². The van der Waals surface area contributed by atoms with E-state index in [4.69, 9.17) is 4.74 Å². The van der Waals surface area contributed by atoms with Crippen LogP contribution in [0.3, 0.4) is 0 Å². The number of rotatable bonds is 4. The highest BCUT2D eigenvalue weighted by Crippen LogP contribution is 2.17. The quantitative estimate of drug-likeness (QED) is 0.771. The third kappa shape index (κ3) is 2.56. The van der Waals surface area contributed by atoms with E-state index in [1.54, 1.807) is 25.2 Å². The van der Waals surface area contributed by atoms with Crippen LogP contribution in [-0.2, 0) is 7.05 Å². The lowest BCUT2D eigenvalue weighted by Crippen LogP contribution is -2.09. The van der Waals surface area contributed by atoms with Crippen molar-refractivity contribution in [2.24, 2.45) is 7.05 Å². The Balaban J connectivity index is 2.29. The highest BCUT2D eigenvalue weighted by Gasteiger charge is 2.14. The topological polar surface area (TPSA) is 57.0 Å². The van der Waals surface area contributed by atoms with Gasteiger partial charge in [-0.3, -0.25) is 4.79 Å². The summed E-state index contributed by atoms with van der Waals surface area (Å²) in [6.45, 7) is 3.89. The van der Waals surface area contributed by atoms with E-state index in [0.29, 0.717) is 17.0 Å². The van der Waals surface area contributed by atoms with Crippen molar-refractivity contribution in [2.45, 2.75) is 20.0 Å². The van der Waals surface area contributed by atoms with Crippen molar-refractivity contribution in [3.8, 4) is 5.75 Å². The molecule has 1 aromatic carbocycles. The lowest BCUT2D eigenvalue weighted by atomic mass is 10.1. The molecular formula is C13H15N3O2. The molecule has 0 aliphatic rings. The van der Waals surface area contributed by atoms with E-state index in [0.717, 1.165) is 0 Å². The molecule has 0 aliphatic carbocycles. The van der Waals surface area contributed by atoms with Gasteiger partial charge in [-0.25, -0.2) is 4.68 Å². The minimum atomic E-state index is -0.114. The van der Waals surface area contributed by atoms with Crippen molar-refractivity contribution in [1.29, 1.82) is 0 Å². The Hall–Kier alpha value is -2.17. The van der Waals surface area contributed by atoms with Crippen LogP contribution in [0.15, 0.2) is 30.5 Å². The molecular weight excluding hydrogens is 230 g/mol. The molecule has 0 fully saturated rings. The summed E-state index contributed by atoms with van der Waals surface area (Å²) in [6, 6.07) is 7.12. The lowest BCUT2D eigenvalue weighted by Gasteiger charge is -2.10. The Labute approximate surface area is 105 Å². The molecule has 1 heterocycles. The zero-order chi connectivity index (χ0) is 13.1. The number of carbonyl (C=O) groups excluding carboxylic acids is 1. The Bertz CT molecular complexity index is 561. The monoisotopic (exact) mass is 245 g/mol. The zero-order valence-corrected chi connectivity index (χ0v) is 10.6. The van der Waals surface area contributed by atoms with Crippen LogP contribution in [0.5, 0.6) is 5.75 Å². The van der Waals surface area contributed by atoms with Crippen molar-refractivity contribution in [3.63, 3.8) is 0 Å². The first-order valence-electron chi connectivity index (χ1n) is 5.74. The van der Waals surface area contributed by atoms with Gasteiger partial charge >= 0.3 is 0 Å². The van der Waals surface area contributed by atoms with Gasteiger partial charge in [-0.1, -0.05) is 17.3 Å². The van der Waals surface area contributed by atoms with Gasteiger partial charge in [0.15, 0.2) is 0 Å². The number of aromatic nitrogens is 3. The number of hydrogen-bond acceptors (Lipinski definition) is 4. The van der Waals surface area contributed by atoms with Crippen LogP contribution in [0.25, 0.3) is 0 Å². The molecule has 5 nitrogen and oxygen atoms in total. The maximum atomic E-state index is 12.2. The molecule has 0 N–H and O–H groups in total. The summed E-state index contributed by atoms with van der Waals surface area (Å²) >= 11 is 0. The third-order valence-corrected chi connectivity index (χ3v) is 2.42. The normalized spacial score (nSPS) is 10.7. The predicted molar refractivity (Wildman–Crippen MR) is 66.6 cm³/mol. The van der Waals surface area contributed by atoms with Crippen molar-refractivity contribution >= 4 is 5.78 Å². The summed E-state index contributed by atoms with van der Waals surface area (Å²) in [5.74, 6) is 0.572. The van der Waals surface area contributed by atoms with Gasteiger partial charge in [0.25, 0.3) is 0 Å². The molecule has 94 valence electrons. The second kappa shape index (κ2) is 5.00. The highest BCUT2D eigenvalue weighted by molar-refractivity contribution is 6.07. The molecule has 0 spiro atoms. The van der Waals surface area contributed by atoms with Crippen molar-refractivity contribution in [2.75, 3.05) is 0 Å². The molecule has 0 saturated carbocycles. The van der Waals surface area contributed by atoms with Crippen molar-refractivity contribution < 1.29 is 9.53 Å². The van der Waals surface area contributed by atoms with Gasteiger partial charge in [0.1, 0.15) is 11.4 Å². The third-order valence-electron chi connectivity index (χ3n) is 2.42. The van der Waals surface area contributed by atoms with E-state index in [2.05, 4.69) is 10.3 Å². The van der Waals surface area contributed by atoms with E-state index in [-0.39, 0.29) is 11.9 Å². The van der Waals surface area contributed by atoms with Gasteiger partial charge < -0.3 is 4.74 Å². The summed E-state index contributed by atoms with van der Waals surface area (Å²) < 4.78 is 7.02. The Kier molecular flexibility index (Phi) is 3.41. The van der Waals surface area contributed by atoms with Gasteiger partial charge in [-0.05, 0) is 26.0 Å². The van der Waals surface area contributed by atoms with E-state index in [1.165, 1.54) is 10.9 Å². The van der Waals surface area contributed by atoms with Crippen LogP contribution in [0.4, 0.5) is 0 Å². The number of carbonyl (C=O) groups is 1. The largest absolute Gasteiger partial charge is 0.491 e. The maximum Gasteiger partial charge on any atom is 0.212 e. The van der Waals surface area contributed by atoms with Crippen LogP contribution in [0.1, 0.15) is 29.9 Å². The molecule has 0 radical (unpaired) electrons. The van der Waals surface area contributed by atoms with Gasteiger partial charge in [-0.2, -0.15) is 0 Å². The first-order chi connectivity index (χ1) is 8.58. The number of nitrogens with zero attached hydrogens (tertiary/aromatic N) is 3. The number of hydrogen-bond donors (Lipinski definition) is 0. The molecule has 0 bridgehead atoms. The second-order valence-corrected chi connectivity index (χ2v) is 4.27. The first-order valence-corrected chi connectivity index (χ1v) is 5.74. The maximum absolute atomic E-state index is 12.2. The van der Waals surface area contributed by atoms with Crippen LogP contribution in [-0.4, -0.2) is 26.9 Å². The van der Waals surface area contributed by atoms with E-state index in [9.17, 15) is 4.79 Å². The fourth-order valence-corrected chi connectivity index (χ4v) is 1.63. The lowest BCUT2D eigenvalue weighted by molar-refractivity contribution is 0.102. The molecule has 2 rings (SSSR count). The molecule has 5 heteroatoms. The Morgan fingerprint density at radius 1 is 1.39 bits per heavy atom. The summed E-state index contributed by atoms with van der Waals surface area (Å²) in [5, 5.41) is 7.45. The smallest absolute Gasteiger partial charge is 0.212 e. The predicted octanol–water partition coefficient (Wildman–Crippen LogP) is 1.83. The average Bonchev–Trinajstić information content (AvgIpc) is 2.74. The average molecular weight is 245 g/mol. The molecule has 2 aromatic rings. The van der Waals surface area contributed by atoms with Crippen LogP contribution in [0, 0.1) is 0 Å². The fourth-order valence-electron chi connectivity index (χ4n) is 1.63. The fraction of sp³-hybridized carbons (Fsp3) is 0.308. The second-order valence-electron chi connectivity index (χ2n) is 4.27. The van der Waals surface area contributed by atoms with Crippen LogP contribution < -0.4 is 4.74 Å². The number of aryl methyl sites for hydroxylation is 1. The first kappa shape index (κ1) is 12.3. The standard InChI is InChI=1S/C13H15N3O2/c1-9(2)18-11-6-4-5-10(7-11)13(17)12-8-14-15-16(12)3/h4-9H,1-3H3. The van der Waals surface area contributed by atoms with Crippen molar-refractivity contribution in [3.05, 3.63) is 41.7 Å².